The first-order valence-corrected chi connectivity index (χ1v) is 8.82. The first kappa shape index (κ1) is 17.8. The van der Waals surface area contributed by atoms with Crippen LogP contribution in [0.1, 0.15) is 12.5 Å². The third-order valence-corrected chi connectivity index (χ3v) is 4.84. The fourth-order valence-corrected chi connectivity index (χ4v) is 3.15. The van der Waals surface area contributed by atoms with Crippen LogP contribution in [-0.2, 0) is 6.42 Å². The van der Waals surface area contributed by atoms with Crippen molar-refractivity contribution in [3.05, 3.63) is 76.1 Å². The minimum Gasteiger partial charge on any atom is -0.481 e. The van der Waals surface area contributed by atoms with Gasteiger partial charge in [-0.25, -0.2) is 4.98 Å². The molecule has 1 heterocycles. The molecule has 0 amide bonds. The van der Waals surface area contributed by atoms with E-state index in [1.54, 1.807) is 25.4 Å². The molecule has 5 heteroatoms. The van der Waals surface area contributed by atoms with E-state index in [9.17, 15) is 0 Å². The molecule has 25 heavy (non-hydrogen) atoms. The molecule has 1 aliphatic rings. The average molecular weight is 376 g/mol. The van der Waals surface area contributed by atoms with E-state index >= 15 is 0 Å². The summed E-state index contributed by atoms with van der Waals surface area (Å²) in [7, 11) is 1.59. The van der Waals surface area contributed by atoms with Crippen LogP contribution in [0.15, 0.2) is 60.5 Å². The maximum atomic E-state index is 6.31. The number of aromatic nitrogens is 1. The summed E-state index contributed by atoms with van der Waals surface area (Å²) < 4.78 is 11.0. The Morgan fingerprint density at radius 3 is 2.72 bits per heavy atom. The minimum atomic E-state index is 0.280. The van der Waals surface area contributed by atoms with E-state index in [-0.39, 0.29) is 5.92 Å². The second-order valence-corrected chi connectivity index (χ2v) is 6.87. The van der Waals surface area contributed by atoms with Gasteiger partial charge in [-0.1, -0.05) is 36.2 Å². The number of methoxy groups -OCH3 is 1. The van der Waals surface area contributed by atoms with Crippen LogP contribution in [0.2, 0.25) is 10.0 Å². The molecule has 1 aromatic carbocycles. The van der Waals surface area contributed by atoms with Gasteiger partial charge in [0.25, 0.3) is 0 Å². The zero-order chi connectivity index (χ0) is 17.8. The highest BCUT2D eigenvalue weighted by Gasteiger charge is 2.20. The van der Waals surface area contributed by atoms with Gasteiger partial charge in [0.2, 0.25) is 5.88 Å². The Morgan fingerprint density at radius 2 is 2.00 bits per heavy atom. The lowest BCUT2D eigenvalue weighted by atomic mass is 9.84. The molecule has 2 atom stereocenters. The van der Waals surface area contributed by atoms with Gasteiger partial charge >= 0.3 is 0 Å². The van der Waals surface area contributed by atoms with Crippen molar-refractivity contribution >= 4 is 23.2 Å². The lowest BCUT2D eigenvalue weighted by molar-refractivity contribution is 0.388. The molecule has 0 N–H and O–H groups in total. The summed E-state index contributed by atoms with van der Waals surface area (Å²) in [5.41, 5.74) is 1.04. The van der Waals surface area contributed by atoms with Gasteiger partial charge in [0, 0.05) is 16.1 Å². The molecule has 1 aliphatic carbocycles. The van der Waals surface area contributed by atoms with Gasteiger partial charge in [-0.15, -0.1) is 0 Å². The molecule has 130 valence electrons. The summed E-state index contributed by atoms with van der Waals surface area (Å²) >= 11 is 12.4. The molecule has 0 saturated heterocycles. The molecule has 0 fully saturated rings. The molecule has 0 saturated carbocycles. The van der Waals surface area contributed by atoms with Gasteiger partial charge in [-0.3, -0.25) is 0 Å². The molecular formula is C20H19Cl2NO2. The minimum absolute atomic E-state index is 0.280. The van der Waals surface area contributed by atoms with Crippen LogP contribution in [0.25, 0.3) is 0 Å². The van der Waals surface area contributed by atoms with E-state index in [0.717, 1.165) is 22.8 Å². The highest BCUT2D eigenvalue weighted by atomic mass is 35.5. The van der Waals surface area contributed by atoms with Crippen LogP contribution in [0.3, 0.4) is 0 Å². The highest BCUT2D eigenvalue weighted by molar-refractivity contribution is 6.33. The Kier molecular flexibility index (Phi) is 5.67. The number of halogens is 2. The second-order valence-electron chi connectivity index (χ2n) is 6.03. The van der Waals surface area contributed by atoms with Crippen LogP contribution in [0, 0.1) is 11.8 Å². The van der Waals surface area contributed by atoms with E-state index in [0.29, 0.717) is 22.6 Å². The first-order chi connectivity index (χ1) is 12.0. The van der Waals surface area contributed by atoms with Crippen LogP contribution in [-0.4, -0.2) is 12.1 Å². The van der Waals surface area contributed by atoms with E-state index < -0.39 is 0 Å². The number of nitrogens with zero attached hydrogens (tertiary/aromatic N) is 1. The molecule has 2 unspecified atom stereocenters. The van der Waals surface area contributed by atoms with Crippen molar-refractivity contribution in [2.75, 3.05) is 7.11 Å². The Balaban J connectivity index is 1.75. The van der Waals surface area contributed by atoms with Gasteiger partial charge in [-0.05, 0) is 60.2 Å². The van der Waals surface area contributed by atoms with Crippen LogP contribution in [0.5, 0.6) is 11.6 Å². The molecule has 1 aromatic heterocycles. The van der Waals surface area contributed by atoms with Gasteiger partial charge in [0.1, 0.15) is 11.5 Å². The van der Waals surface area contributed by atoms with Crippen LogP contribution < -0.4 is 9.47 Å². The lowest BCUT2D eigenvalue weighted by Gasteiger charge is -2.23. The zero-order valence-electron chi connectivity index (χ0n) is 14.1. The van der Waals surface area contributed by atoms with Crippen molar-refractivity contribution in [1.29, 1.82) is 0 Å². The zero-order valence-corrected chi connectivity index (χ0v) is 15.6. The van der Waals surface area contributed by atoms with Crippen molar-refractivity contribution in [3.63, 3.8) is 0 Å². The number of hydrogen-bond donors (Lipinski definition) is 0. The van der Waals surface area contributed by atoms with Gasteiger partial charge in [0.05, 0.1) is 13.3 Å². The Morgan fingerprint density at radius 1 is 1.16 bits per heavy atom. The quantitative estimate of drug-likeness (QED) is 0.668. The predicted molar refractivity (Wildman–Crippen MR) is 101 cm³/mol. The summed E-state index contributed by atoms with van der Waals surface area (Å²) in [5.74, 6) is 2.69. The van der Waals surface area contributed by atoms with E-state index in [4.69, 9.17) is 32.7 Å². The molecule has 0 radical (unpaired) electrons. The fourth-order valence-electron chi connectivity index (χ4n) is 2.76. The summed E-state index contributed by atoms with van der Waals surface area (Å²) in [5, 5.41) is 1.43. The normalized spacial score (nSPS) is 19.4. The van der Waals surface area contributed by atoms with Crippen molar-refractivity contribution in [1.82, 2.24) is 4.98 Å². The number of pyridine rings is 1. The third kappa shape index (κ3) is 4.56. The maximum absolute atomic E-state index is 6.31. The summed E-state index contributed by atoms with van der Waals surface area (Å²) in [6.45, 7) is 2.18. The number of hydrogen-bond acceptors (Lipinski definition) is 3. The van der Waals surface area contributed by atoms with Gasteiger partial charge in [-0.2, -0.15) is 0 Å². The molecular weight excluding hydrogens is 357 g/mol. The van der Waals surface area contributed by atoms with Crippen LogP contribution in [0.4, 0.5) is 0 Å². The van der Waals surface area contributed by atoms with Crippen molar-refractivity contribution < 1.29 is 9.47 Å². The number of allylic oxidation sites excluding steroid dienone is 3. The monoisotopic (exact) mass is 375 g/mol. The number of rotatable bonds is 5. The number of ether oxygens (including phenoxy) is 2. The molecule has 0 bridgehead atoms. The molecule has 0 aliphatic heterocycles. The van der Waals surface area contributed by atoms with Crippen molar-refractivity contribution in [2.24, 2.45) is 11.8 Å². The standard InChI is InChI=1S/C20H19Cl2NO2/c1-13-3-5-17(25-18-6-8-20(24-2)23-12-18)11-14(13)9-15-10-16(21)4-7-19(15)22/h3-8,10-14H,9H2,1-2H3. The Hall–Kier alpha value is -1.97. The predicted octanol–water partition coefficient (Wildman–Crippen LogP) is 5.72. The van der Waals surface area contributed by atoms with Crippen molar-refractivity contribution in [2.45, 2.75) is 13.3 Å². The first-order valence-electron chi connectivity index (χ1n) is 8.07. The second kappa shape index (κ2) is 7.94. The van der Waals surface area contributed by atoms with Gasteiger partial charge < -0.3 is 9.47 Å². The highest BCUT2D eigenvalue weighted by Crippen LogP contribution is 2.31. The average Bonchev–Trinajstić information content (AvgIpc) is 2.61. The van der Waals surface area contributed by atoms with Crippen molar-refractivity contribution in [3.8, 4) is 11.6 Å². The largest absolute Gasteiger partial charge is 0.481 e. The smallest absolute Gasteiger partial charge is 0.213 e. The van der Waals surface area contributed by atoms with E-state index in [1.165, 1.54) is 0 Å². The van der Waals surface area contributed by atoms with Gasteiger partial charge in [0.15, 0.2) is 0 Å². The summed E-state index contributed by atoms with van der Waals surface area (Å²) in [4.78, 5) is 4.16. The summed E-state index contributed by atoms with van der Waals surface area (Å²) in [6.07, 6.45) is 8.72. The van der Waals surface area contributed by atoms with E-state index in [2.05, 4.69) is 24.1 Å². The fraction of sp³-hybridized carbons (Fsp3) is 0.250. The van der Waals surface area contributed by atoms with E-state index in [1.807, 2.05) is 24.3 Å². The van der Waals surface area contributed by atoms with Crippen LogP contribution >= 0.6 is 23.2 Å². The molecule has 3 nitrogen and oxygen atoms in total. The number of benzene rings is 1. The SMILES string of the molecule is COc1ccc(OC2=CC(Cc3cc(Cl)ccc3Cl)C(C)C=C2)cn1. The lowest BCUT2D eigenvalue weighted by Crippen LogP contribution is -2.15. The Bertz CT molecular complexity index is 800. The topological polar surface area (TPSA) is 31.4 Å². The molecule has 2 aromatic rings. The molecule has 3 rings (SSSR count). The Labute approximate surface area is 157 Å². The maximum Gasteiger partial charge on any atom is 0.213 e. The summed E-state index contributed by atoms with van der Waals surface area (Å²) in [6, 6.07) is 9.18. The third-order valence-electron chi connectivity index (χ3n) is 4.24. The molecule has 0 spiro atoms.